The van der Waals surface area contributed by atoms with E-state index in [0.717, 1.165) is 32.5 Å². The van der Waals surface area contributed by atoms with E-state index in [4.69, 9.17) is 12.2 Å². The summed E-state index contributed by atoms with van der Waals surface area (Å²) < 4.78 is 0. The highest BCUT2D eigenvalue weighted by Gasteiger charge is 2.17. The minimum atomic E-state index is 0.141. The Morgan fingerprint density at radius 3 is 2.57 bits per heavy atom. The van der Waals surface area contributed by atoms with Crippen LogP contribution in [-0.2, 0) is 4.79 Å². The summed E-state index contributed by atoms with van der Waals surface area (Å²) in [6.45, 7) is 4.86. The second-order valence-corrected chi connectivity index (χ2v) is 3.71. The molecule has 0 spiro atoms. The molecule has 2 N–H and O–H groups in total. The molecule has 0 atom stereocenters. The summed E-state index contributed by atoms with van der Waals surface area (Å²) in [6, 6.07) is 0. The second-order valence-electron chi connectivity index (χ2n) is 3.30. The molecule has 1 amide bonds. The molecule has 0 aliphatic carbocycles. The Hall–Kier alpha value is -0.840. The number of hydrogen-bond donors (Lipinski definition) is 2. The molecule has 1 fully saturated rings. The maximum Gasteiger partial charge on any atom is 0.241 e. The summed E-state index contributed by atoms with van der Waals surface area (Å²) in [5.74, 6) is 0.141. The van der Waals surface area contributed by atoms with Crippen molar-refractivity contribution in [2.45, 2.75) is 19.8 Å². The van der Waals surface area contributed by atoms with Gasteiger partial charge in [-0.3, -0.25) is 4.79 Å². The minimum Gasteiger partial charge on any atom is -0.363 e. The first-order valence-corrected chi connectivity index (χ1v) is 5.44. The van der Waals surface area contributed by atoms with Crippen molar-refractivity contribution in [3.63, 3.8) is 0 Å². The van der Waals surface area contributed by atoms with Gasteiger partial charge in [0.1, 0.15) is 0 Å². The maximum atomic E-state index is 11.5. The molecule has 80 valence electrons. The van der Waals surface area contributed by atoms with Gasteiger partial charge in [-0.2, -0.15) is 0 Å². The molecule has 0 aromatic carbocycles. The van der Waals surface area contributed by atoms with E-state index < -0.39 is 0 Å². The molecule has 1 saturated heterocycles. The molecule has 1 heterocycles. The average molecular weight is 215 g/mol. The van der Waals surface area contributed by atoms with Crippen LogP contribution in [0.15, 0.2) is 0 Å². The molecule has 0 unspecified atom stereocenters. The normalized spacial score (nSPS) is 15.4. The molecule has 0 aromatic rings. The van der Waals surface area contributed by atoms with E-state index in [0.29, 0.717) is 11.7 Å². The Balaban J connectivity index is 2.17. The fraction of sp³-hybridized carbons (Fsp3) is 0.778. The van der Waals surface area contributed by atoms with Crippen molar-refractivity contribution in [2.75, 3.05) is 26.2 Å². The van der Waals surface area contributed by atoms with Crippen LogP contribution in [0.25, 0.3) is 0 Å². The number of hydrogen-bond acceptors (Lipinski definition) is 2. The number of nitrogens with one attached hydrogen (secondary N) is 2. The first kappa shape index (κ1) is 11.2. The quantitative estimate of drug-likeness (QED) is 0.655. The average Bonchev–Trinajstić information content (AvgIpc) is 2.67. The highest BCUT2D eigenvalue weighted by molar-refractivity contribution is 7.80. The number of nitrogens with zero attached hydrogens (tertiary/aromatic N) is 1. The molecule has 0 aromatic heterocycles. The van der Waals surface area contributed by atoms with Gasteiger partial charge in [-0.05, 0) is 32.0 Å². The van der Waals surface area contributed by atoms with Crippen molar-refractivity contribution >= 4 is 23.2 Å². The van der Waals surface area contributed by atoms with Crippen LogP contribution in [0.1, 0.15) is 19.8 Å². The molecule has 0 bridgehead atoms. The molecule has 0 saturated carbocycles. The number of carbonyl (C=O) groups is 1. The Kier molecular flexibility index (Phi) is 4.65. The topological polar surface area (TPSA) is 44.4 Å². The molecule has 1 aliphatic heterocycles. The Morgan fingerprint density at radius 2 is 2.00 bits per heavy atom. The van der Waals surface area contributed by atoms with Gasteiger partial charge in [0, 0.05) is 19.6 Å². The van der Waals surface area contributed by atoms with Gasteiger partial charge in [-0.25, -0.2) is 0 Å². The van der Waals surface area contributed by atoms with Crippen LogP contribution >= 0.6 is 12.2 Å². The van der Waals surface area contributed by atoms with E-state index in [9.17, 15) is 4.79 Å². The van der Waals surface area contributed by atoms with Crippen LogP contribution in [0.5, 0.6) is 0 Å². The number of amides is 1. The highest BCUT2D eigenvalue weighted by atomic mass is 32.1. The van der Waals surface area contributed by atoms with E-state index in [-0.39, 0.29) is 5.91 Å². The van der Waals surface area contributed by atoms with Gasteiger partial charge in [0.15, 0.2) is 5.11 Å². The first-order valence-electron chi connectivity index (χ1n) is 5.03. The zero-order chi connectivity index (χ0) is 10.4. The maximum absolute atomic E-state index is 11.5. The zero-order valence-electron chi connectivity index (χ0n) is 8.51. The van der Waals surface area contributed by atoms with Gasteiger partial charge in [0.05, 0.1) is 6.54 Å². The lowest BCUT2D eigenvalue weighted by Crippen LogP contribution is -2.42. The summed E-state index contributed by atoms with van der Waals surface area (Å²) in [7, 11) is 0. The molecule has 14 heavy (non-hydrogen) atoms. The van der Waals surface area contributed by atoms with Crippen molar-refractivity contribution in [1.29, 1.82) is 0 Å². The molecule has 4 nitrogen and oxygen atoms in total. The van der Waals surface area contributed by atoms with E-state index in [1.54, 1.807) is 0 Å². The largest absolute Gasteiger partial charge is 0.363 e. The molecule has 0 radical (unpaired) electrons. The van der Waals surface area contributed by atoms with Gasteiger partial charge in [-0.15, -0.1) is 0 Å². The number of thiocarbonyl (C=S) groups is 1. The third-order valence-electron chi connectivity index (χ3n) is 2.20. The van der Waals surface area contributed by atoms with Crippen LogP contribution in [0, 0.1) is 0 Å². The Morgan fingerprint density at radius 1 is 1.36 bits per heavy atom. The SMILES string of the molecule is CCNC(=S)NCC(=O)N1CCCC1. The van der Waals surface area contributed by atoms with Crippen molar-refractivity contribution in [3.05, 3.63) is 0 Å². The highest BCUT2D eigenvalue weighted by Crippen LogP contribution is 2.06. The third-order valence-corrected chi connectivity index (χ3v) is 2.48. The molecule has 1 aliphatic rings. The Labute approximate surface area is 90.0 Å². The summed E-state index contributed by atoms with van der Waals surface area (Å²) in [5, 5.41) is 6.39. The predicted molar refractivity (Wildman–Crippen MR) is 60.1 cm³/mol. The van der Waals surface area contributed by atoms with Crippen molar-refractivity contribution < 1.29 is 4.79 Å². The molecular weight excluding hydrogens is 198 g/mol. The summed E-state index contributed by atoms with van der Waals surface area (Å²) in [4.78, 5) is 13.4. The summed E-state index contributed by atoms with van der Waals surface area (Å²) >= 11 is 4.95. The van der Waals surface area contributed by atoms with Gasteiger partial charge in [0.25, 0.3) is 0 Å². The lowest BCUT2D eigenvalue weighted by Gasteiger charge is -2.16. The number of likely N-dealkylation sites (tertiary alicyclic amines) is 1. The van der Waals surface area contributed by atoms with E-state index in [2.05, 4.69) is 10.6 Å². The lowest BCUT2D eigenvalue weighted by molar-refractivity contribution is -0.128. The lowest BCUT2D eigenvalue weighted by atomic mass is 10.4. The first-order chi connectivity index (χ1) is 6.74. The fourth-order valence-electron chi connectivity index (χ4n) is 1.46. The second kappa shape index (κ2) is 5.80. The summed E-state index contributed by atoms with van der Waals surface area (Å²) in [5.41, 5.74) is 0. The van der Waals surface area contributed by atoms with Crippen molar-refractivity contribution in [1.82, 2.24) is 15.5 Å². The Bertz CT molecular complexity index is 214. The summed E-state index contributed by atoms with van der Waals surface area (Å²) in [6.07, 6.45) is 2.26. The monoisotopic (exact) mass is 215 g/mol. The third kappa shape index (κ3) is 3.49. The van der Waals surface area contributed by atoms with Gasteiger partial charge >= 0.3 is 0 Å². The standard InChI is InChI=1S/C9H17N3OS/c1-2-10-9(14)11-7-8(13)12-5-3-4-6-12/h2-7H2,1H3,(H2,10,11,14). The van der Waals surface area contributed by atoms with E-state index >= 15 is 0 Å². The number of rotatable bonds is 3. The van der Waals surface area contributed by atoms with E-state index in [1.807, 2.05) is 11.8 Å². The zero-order valence-corrected chi connectivity index (χ0v) is 9.32. The van der Waals surface area contributed by atoms with Gasteiger partial charge < -0.3 is 15.5 Å². The molecule has 5 heteroatoms. The van der Waals surface area contributed by atoms with Gasteiger partial charge in [0.2, 0.25) is 5.91 Å². The smallest absolute Gasteiger partial charge is 0.241 e. The molecular formula is C9H17N3OS. The van der Waals surface area contributed by atoms with Crippen LogP contribution < -0.4 is 10.6 Å². The van der Waals surface area contributed by atoms with Crippen molar-refractivity contribution in [3.8, 4) is 0 Å². The van der Waals surface area contributed by atoms with Crippen LogP contribution in [-0.4, -0.2) is 42.1 Å². The number of carbonyl (C=O) groups excluding carboxylic acids is 1. The predicted octanol–water partition coefficient (Wildman–Crippen LogP) is 0.0928. The van der Waals surface area contributed by atoms with Crippen LogP contribution in [0.3, 0.4) is 0 Å². The van der Waals surface area contributed by atoms with Crippen LogP contribution in [0.4, 0.5) is 0 Å². The van der Waals surface area contributed by atoms with Crippen molar-refractivity contribution in [2.24, 2.45) is 0 Å². The fourth-order valence-corrected chi connectivity index (χ4v) is 1.67. The van der Waals surface area contributed by atoms with E-state index in [1.165, 1.54) is 0 Å². The van der Waals surface area contributed by atoms with Crippen LogP contribution in [0.2, 0.25) is 0 Å². The molecule has 1 rings (SSSR count). The minimum absolute atomic E-state index is 0.141. The van der Waals surface area contributed by atoms with Gasteiger partial charge in [-0.1, -0.05) is 0 Å².